The third-order valence-electron chi connectivity index (χ3n) is 5.27. The number of nitrogens with zero attached hydrogens (tertiary/aromatic N) is 1. The minimum Gasteiger partial charge on any atom is -0.504 e. The lowest BCUT2D eigenvalue weighted by Crippen LogP contribution is -2.37. The maximum Gasteiger partial charge on any atom is 0.211 e. The first-order valence-corrected chi connectivity index (χ1v) is 10.2. The predicted octanol–water partition coefficient (Wildman–Crippen LogP) is 2.98. The van der Waals surface area contributed by atoms with Crippen molar-refractivity contribution in [2.75, 3.05) is 46.6 Å². The van der Waals surface area contributed by atoms with Crippen LogP contribution in [0.25, 0.3) is 22.3 Å². The molecule has 1 aliphatic rings. The number of hydrogen-bond acceptors (Lipinski definition) is 8. The smallest absolute Gasteiger partial charge is 0.211 e. The Morgan fingerprint density at radius 1 is 1.06 bits per heavy atom. The largest absolute Gasteiger partial charge is 0.504 e. The Balaban J connectivity index is 1.66. The van der Waals surface area contributed by atoms with Crippen molar-refractivity contribution in [3.8, 4) is 34.3 Å². The average molecular weight is 427 g/mol. The van der Waals surface area contributed by atoms with Crippen molar-refractivity contribution in [1.82, 2.24) is 4.90 Å². The van der Waals surface area contributed by atoms with Gasteiger partial charge in [-0.2, -0.15) is 0 Å². The topological polar surface area (TPSA) is 102 Å². The van der Waals surface area contributed by atoms with E-state index in [1.54, 1.807) is 12.1 Å². The molecule has 0 aliphatic carbocycles. The molecule has 1 aliphatic heterocycles. The van der Waals surface area contributed by atoms with Crippen LogP contribution in [0.1, 0.15) is 6.42 Å². The van der Waals surface area contributed by atoms with Gasteiger partial charge in [-0.1, -0.05) is 30.3 Å². The van der Waals surface area contributed by atoms with Crippen LogP contribution in [0.3, 0.4) is 0 Å². The molecule has 0 spiro atoms. The van der Waals surface area contributed by atoms with Crippen LogP contribution in [-0.2, 0) is 4.74 Å². The summed E-state index contributed by atoms with van der Waals surface area (Å²) in [5.41, 5.74) is 0.224. The van der Waals surface area contributed by atoms with E-state index in [4.69, 9.17) is 18.6 Å². The summed E-state index contributed by atoms with van der Waals surface area (Å²) in [7, 11) is 1.39. The number of methoxy groups -OCH3 is 1. The zero-order valence-electron chi connectivity index (χ0n) is 17.3. The highest BCUT2D eigenvalue weighted by molar-refractivity contribution is 5.95. The normalized spacial score (nSPS) is 14.6. The van der Waals surface area contributed by atoms with Crippen LogP contribution in [-0.4, -0.2) is 61.7 Å². The fraction of sp³-hybridized carbons (Fsp3) is 0.348. The van der Waals surface area contributed by atoms with Gasteiger partial charge in [-0.3, -0.25) is 9.69 Å². The molecule has 2 aromatic carbocycles. The SMILES string of the molecule is COc1c(OCCCN2CCOCC2)c(O)c(O)c2c(=O)cc(-c3ccccc3)oc12. The van der Waals surface area contributed by atoms with Crippen LogP contribution in [0, 0.1) is 0 Å². The van der Waals surface area contributed by atoms with Crippen molar-refractivity contribution < 1.29 is 28.8 Å². The van der Waals surface area contributed by atoms with Gasteiger partial charge in [-0.05, 0) is 6.42 Å². The van der Waals surface area contributed by atoms with E-state index >= 15 is 0 Å². The molecule has 2 N–H and O–H groups in total. The number of aromatic hydroxyl groups is 2. The highest BCUT2D eigenvalue weighted by Crippen LogP contribution is 2.49. The lowest BCUT2D eigenvalue weighted by molar-refractivity contribution is 0.0357. The van der Waals surface area contributed by atoms with Crippen LogP contribution in [0.5, 0.6) is 23.0 Å². The van der Waals surface area contributed by atoms with Crippen molar-refractivity contribution in [2.45, 2.75) is 6.42 Å². The van der Waals surface area contributed by atoms with E-state index in [0.717, 1.165) is 32.8 Å². The van der Waals surface area contributed by atoms with E-state index < -0.39 is 16.9 Å². The van der Waals surface area contributed by atoms with Gasteiger partial charge in [0.2, 0.25) is 17.2 Å². The van der Waals surface area contributed by atoms with Crippen molar-refractivity contribution in [3.05, 3.63) is 46.6 Å². The molecule has 164 valence electrons. The zero-order chi connectivity index (χ0) is 21.8. The quantitative estimate of drug-likeness (QED) is 0.438. The number of phenolic OH excluding ortho intramolecular Hbond substituents is 2. The van der Waals surface area contributed by atoms with Crippen LogP contribution in [0.4, 0.5) is 0 Å². The molecule has 0 amide bonds. The lowest BCUT2D eigenvalue weighted by Gasteiger charge is -2.26. The Labute approximate surface area is 179 Å². The molecule has 0 atom stereocenters. The van der Waals surface area contributed by atoms with Gasteiger partial charge >= 0.3 is 0 Å². The van der Waals surface area contributed by atoms with Crippen molar-refractivity contribution >= 4 is 11.0 Å². The fourth-order valence-corrected chi connectivity index (χ4v) is 3.67. The Morgan fingerprint density at radius 2 is 1.81 bits per heavy atom. The highest BCUT2D eigenvalue weighted by atomic mass is 16.5. The minimum atomic E-state index is -0.590. The number of hydrogen-bond donors (Lipinski definition) is 2. The number of phenols is 2. The lowest BCUT2D eigenvalue weighted by atomic mass is 10.1. The first-order chi connectivity index (χ1) is 15.1. The Kier molecular flexibility index (Phi) is 6.29. The zero-order valence-corrected chi connectivity index (χ0v) is 17.3. The molecular formula is C23H25NO7. The second kappa shape index (κ2) is 9.28. The van der Waals surface area contributed by atoms with Crippen LogP contribution in [0.15, 0.2) is 45.6 Å². The van der Waals surface area contributed by atoms with Crippen LogP contribution < -0.4 is 14.9 Å². The van der Waals surface area contributed by atoms with E-state index in [1.807, 2.05) is 18.2 Å². The van der Waals surface area contributed by atoms with Gasteiger partial charge in [0.1, 0.15) is 11.1 Å². The second-order valence-electron chi connectivity index (χ2n) is 7.26. The monoisotopic (exact) mass is 427 g/mol. The van der Waals surface area contributed by atoms with Gasteiger partial charge < -0.3 is 28.8 Å². The molecule has 4 rings (SSSR count). The molecule has 0 bridgehead atoms. The van der Waals surface area contributed by atoms with E-state index in [9.17, 15) is 15.0 Å². The molecule has 0 saturated carbocycles. The molecule has 2 heterocycles. The molecule has 0 unspecified atom stereocenters. The van der Waals surface area contributed by atoms with Crippen molar-refractivity contribution in [1.29, 1.82) is 0 Å². The van der Waals surface area contributed by atoms with Gasteiger partial charge in [-0.15, -0.1) is 0 Å². The Hall–Kier alpha value is -3.23. The minimum absolute atomic E-state index is 0.0207. The summed E-state index contributed by atoms with van der Waals surface area (Å²) in [6.45, 7) is 4.29. The highest BCUT2D eigenvalue weighted by Gasteiger charge is 2.26. The van der Waals surface area contributed by atoms with Gasteiger partial charge in [0.15, 0.2) is 16.8 Å². The van der Waals surface area contributed by atoms with Crippen molar-refractivity contribution in [3.63, 3.8) is 0 Å². The number of rotatable bonds is 7. The molecule has 8 heteroatoms. The summed E-state index contributed by atoms with van der Waals surface area (Å²) < 4.78 is 22.5. The number of morpholine rings is 1. The molecule has 1 saturated heterocycles. The standard InChI is InChI=1S/C23H25NO7/c1-28-23-21-18(16(25)14-17(31-21)15-6-3-2-4-7-15)19(26)20(27)22(23)30-11-5-8-24-9-12-29-13-10-24/h2-4,6-7,14,26-27H,5,8-13H2,1H3. The Morgan fingerprint density at radius 3 is 2.52 bits per heavy atom. The number of ether oxygens (including phenoxy) is 3. The van der Waals surface area contributed by atoms with Gasteiger partial charge in [0.25, 0.3) is 0 Å². The summed E-state index contributed by atoms with van der Waals surface area (Å²) >= 11 is 0. The first-order valence-electron chi connectivity index (χ1n) is 10.2. The number of fused-ring (bicyclic) bond motifs is 1. The van der Waals surface area contributed by atoms with Crippen LogP contribution >= 0.6 is 0 Å². The molecule has 1 fully saturated rings. The summed E-state index contributed by atoms with van der Waals surface area (Å²) in [4.78, 5) is 15.0. The number of benzene rings is 2. The van der Waals surface area contributed by atoms with E-state index in [1.165, 1.54) is 13.2 Å². The molecule has 8 nitrogen and oxygen atoms in total. The molecule has 3 aromatic rings. The molecule has 1 aromatic heterocycles. The maximum atomic E-state index is 12.7. The third-order valence-corrected chi connectivity index (χ3v) is 5.27. The summed E-state index contributed by atoms with van der Waals surface area (Å²) in [5.74, 6) is -0.808. The van der Waals surface area contributed by atoms with Gasteiger partial charge in [0.05, 0.1) is 26.9 Å². The van der Waals surface area contributed by atoms with E-state index in [0.29, 0.717) is 17.7 Å². The van der Waals surface area contributed by atoms with Crippen molar-refractivity contribution in [2.24, 2.45) is 0 Å². The fourth-order valence-electron chi connectivity index (χ4n) is 3.67. The second-order valence-corrected chi connectivity index (χ2v) is 7.26. The first kappa shape index (κ1) is 21.0. The summed E-state index contributed by atoms with van der Waals surface area (Å²) in [5, 5.41) is 20.8. The molecule has 31 heavy (non-hydrogen) atoms. The van der Waals surface area contributed by atoms with Gasteiger partial charge in [0, 0.05) is 31.3 Å². The molecule has 0 radical (unpaired) electrons. The Bertz CT molecular complexity index is 1100. The predicted molar refractivity (Wildman–Crippen MR) is 115 cm³/mol. The summed E-state index contributed by atoms with van der Waals surface area (Å²) in [6.07, 6.45) is 0.704. The van der Waals surface area contributed by atoms with E-state index in [-0.39, 0.29) is 29.1 Å². The summed E-state index contributed by atoms with van der Waals surface area (Å²) in [6, 6.07) is 10.4. The molecular weight excluding hydrogens is 402 g/mol. The third kappa shape index (κ3) is 4.30. The van der Waals surface area contributed by atoms with Gasteiger partial charge in [-0.25, -0.2) is 0 Å². The maximum absolute atomic E-state index is 12.7. The van der Waals surface area contributed by atoms with E-state index in [2.05, 4.69) is 4.90 Å². The van der Waals surface area contributed by atoms with Crippen LogP contribution in [0.2, 0.25) is 0 Å². The average Bonchev–Trinajstić information content (AvgIpc) is 2.80.